The van der Waals surface area contributed by atoms with Crippen LogP contribution in [0.5, 0.6) is 11.5 Å². The molecule has 0 radical (unpaired) electrons. The summed E-state index contributed by atoms with van der Waals surface area (Å²) in [5, 5.41) is 0.523. The van der Waals surface area contributed by atoms with E-state index >= 15 is 0 Å². The van der Waals surface area contributed by atoms with Crippen molar-refractivity contribution in [3.05, 3.63) is 47.2 Å². The van der Waals surface area contributed by atoms with Crippen LogP contribution in [-0.2, 0) is 5.75 Å². The van der Waals surface area contributed by atoms with Crippen LogP contribution in [0.1, 0.15) is 12.0 Å². The van der Waals surface area contributed by atoms with Crippen LogP contribution in [0.3, 0.4) is 0 Å². The lowest BCUT2D eigenvalue weighted by atomic mass is 10.3. The summed E-state index contributed by atoms with van der Waals surface area (Å²) < 4.78 is 11.3. The van der Waals surface area contributed by atoms with Crippen LogP contribution in [-0.4, -0.2) is 18.2 Å². The van der Waals surface area contributed by atoms with Gasteiger partial charge in [0.05, 0.1) is 13.2 Å². The minimum atomic E-state index is 0.523. The zero-order valence-electron chi connectivity index (χ0n) is 10.8. The smallest absolute Gasteiger partial charge is 0.162 e. The molecule has 1 aromatic carbocycles. The Balaban J connectivity index is 1.68. The van der Waals surface area contributed by atoms with Crippen molar-refractivity contribution in [2.24, 2.45) is 0 Å². The highest BCUT2D eigenvalue weighted by Crippen LogP contribution is 2.34. The fourth-order valence-electron chi connectivity index (χ4n) is 1.89. The summed E-state index contributed by atoms with van der Waals surface area (Å²) >= 11 is 7.52. The number of nitrogens with zero attached hydrogens (tertiary/aromatic N) is 1. The van der Waals surface area contributed by atoms with Crippen molar-refractivity contribution in [3.8, 4) is 11.5 Å². The van der Waals surface area contributed by atoms with Crippen LogP contribution in [0.2, 0.25) is 5.15 Å². The molecule has 0 saturated carbocycles. The van der Waals surface area contributed by atoms with Gasteiger partial charge in [0, 0.05) is 23.3 Å². The Labute approximate surface area is 127 Å². The molecule has 2 aromatic rings. The van der Waals surface area contributed by atoms with Gasteiger partial charge in [-0.25, -0.2) is 4.98 Å². The average molecular weight is 308 g/mol. The molecule has 0 atom stereocenters. The molecular weight excluding hydrogens is 294 g/mol. The number of pyridine rings is 1. The molecular formula is C15H14ClNO2S. The maximum Gasteiger partial charge on any atom is 0.162 e. The molecule has 0 bridgehead atoms. The fourth-order valence-corrected chi connectivity index (χ4v) is 2.86. The molecule has 1 aromatic heterocycles. The lowest BCUT2D eigenvalue weighted by Crippen LogP contribution is -1.97. The van der Waals surface area contributed by atoms with E-state index in [4.69, 9.17) is 21.1 Å². The fraction of sp³-hybridized carbons (Fsp3) is 0.267. The van der Waals surface area contributed by atoms with Crippen LogP contribution >= 0.6 is 23.4 Å². The van der Waals surface area contributed by atoms with Crippen LogP contribution in [0, 0.1) is 0 Å². The Hall–Kier alpha value is -1.39. The van der Waals surface area contributed by atoms with E-state index in [1.165, 1.54) is 0 Å². The van der Waals surface area contributed by atoms with Gasteiger partial charge in [-0.15, -0.1) is 11.8 Å². The summed E-state index contributed by atoms with van der Waals surface area (Å²) in [6.45, 7) is 1.43. The Kier molecular flexibility index (Phi) is 4.33. The molecule has 0 amide bonds. The van der Waals surface area contributed by atoms with Crippen molar-refractivity contribution in [1.82, 2.24) is 4.98 Å². The third-order valence-electron chi connectivity index (χ3n) is 2.91. The predicted molar refractivity (Wildman–Crippen MR) is 80.9 cm³/mol. The molecule has 2 heterocycles. The number of hydrogen-bond acceptors (Lipinski definition) is 4. The van der Waals surface area contributed by atoms with Gasteiger partial charge >= 0.3 is 0 Å². The van der Waals surface area contributed by atoms with E-state index in [1.54, 1.807) is 18.0 Å². The van der Waals surface area contributed by atoms with Crippen molar-refractivity contribution in [2.75, 3.05) is 13.2 Å². The van der Waals surface area contributed by atoms with E-state index in [0.717, 1.165) is 40.7 Å². The van der Waals surface area contributed by atoms with E-state index < -0.39 is 0 Å². The standard InChI is InChI=1S/C15H14ClNO2S/c16-15-5-2-11(9-17-15)10-20-12-3-4-13-14(8-12)19-7-1-6-18-13/h2-5,8-9H,1,6-7,10H2. The van der Waals surface area contributed by atoms with Crippen molar-refractivity contribution in [2.45, 2.75) is 17.1 Å². The molecule has 104 valence electrons. The maximum atomic E-state index is 5.78. The Morgan fingerprint density at radius 1 is 1.10 bits per heavy atom. The van der Waals surface area contributed by atoms with Crippen LogP contribution in [0.15, 0.2) is 41.4 Å². The Morgan fingerprint density at radius 3 is 2.75 bits per heavy atom. The van der Waals surface area contributed by atoms with Gasteiger partial charge < -0.3 is 9.47 Å². The second kappa shape index (κ2) is 6.37. The second-order valence-electron chi connectivity index (χ2n) is 4.44. The van der Waals surface area contributed by atoms with Crippen molar-refractivity contribution in [1.29, 1.82) is 0 Å². The molecule has 0 fully saturated rings. The molecule has 0 aliphatic carbocycles. The van der Waals surface area contributed by atoms with Gasteiger partial charge in [0.25, 0.3) is 0 Å². The third-order valence-corrected chi connectivity index (χ3v) is 4.20. The highest BCUT2D eigenvalue weighted by molar-refractivity contribution is 7.98. The summed E-state index contributed by atoms with van der Waals surface area (Å²) in [6.07, 6.45) is 2.73. The largest absolute Gasteiger partial charge is 0.490 e. The topological polar surface area (TPSA) is 31.4 Å². The van der Waals surface area contributed by atoms with E-state index in [9.17, 15) is 0 Å². The predicted octanol–water partition coefficient (Wildman–Crippen LogP) is 4.19. The number of benzene rings is 1. The van der Waals surface area contributed by atoms with E-state index in [-0.39, 0.29) is 0 Å². The summed E-state index contributed by atoms with van der Waals surface area (Å²) in [5.74, 6) is 2.52. The molecule has 20 heavy (non-hydrogen) atoms. The normalized spacial score (nSPS) is 13.8. The average Bonchev–Trinajstić information content (AvgIpc) is 2.71. The molecule has 0 spiro atoms. The highest BCUT2D eigenvalue weighted by Gasteiger charge is 2.10. The van der Waals surface area contributed by atoms with Crippen LogP contribution in [0.4, 0.5) is 0 Å². The molecule has 1 aliphatic heterocycles. The van der Waals surface area contributed by atoms with Crippen molar-refractivity contribution in [3.63, 3.8) is 0 Å². The molecule has 0 N–H and O–H groups in total. The maximum absolute atomic E-state index is 5.78. The minimum Gasteiger partial charge on any atom is -0.490 e. The molecule has 3 nitrogen and oxygen atoms in total. The van der Waals surface area contributed by atoms with Gasteiger partial charge in [-0.05, 0) is 29.8 Å². The first-order valence-electron chi connectivity index (χ1n) is 6.44. The number of thioether (sulfide) groups is 1. The highest BCUT2D eigenvalue weighted by atomic mass is 35.5. The Morgan fingerprint density at radius 2 is 1.95 bits per heavy atom. The summed E-state index contributed by atoms with van der Waals surface area (Å²) in [5.41, 5.74) is 1.14. The Bertz CT molecular complexity index is 589. The zero-order valence-corrected chi connectivity index (χ0v) is 12.4. The first-order valence-corrected chi connectivity index (χ1v) is 7.80. The monoisotopic (exact) mass is 307 g/mol. The number of aromatic nitrogens is 1. The molecule has 0 unspecified atom stereocenters. The van der Waals surface area contributed by atoms with Gasteiger partial charge in [0.2, 0.25) is 0 Å². The second-order valence-corrected chi connectivity index (χ2v) is 5.87. The van der Waals surface area contributed by atoms with Crippen LogP contribution in [0.25, 0.3) is 0 Å². The van der Waals surface area contributed by atoms with E-state index in [2.05, 4.69) is 11.1 Å². The summed E-state index contributed by atoms with van der Waals surface area (Å²) in [7, 11) is 0. The number of hydrogen-bond donors (Lipinski definition) is 0. The molecule has 0 saturated heterocycles. The number of halogens is 1. The molecule has 1 aliphatic rings. The first-order chi connectivity index (χ1) is 9.81. The van der Waals surface area contributed by atoms with Gasteiger partial charge in [0.1, 0.15) is 5.15 Å². The number of rotatable bonds is 3. The van der Waals surface area contributed by atoms with Gasteiger partial charge in [-0.1, -0.05) is 17.7 Å². The van der Waals surface area contributed by atoms with E-state index in [0.29, 0.717) is 11.8 Å². The van der Waals surface area contributed by atoms with Crippen molar-refractivity contribution >= 4 is 23.4 Å². The molecule has 3 rings (SSSR count). The van der Waals surface area contributed by atoms with Gasteiger partial charge in [-0.3, -0.25) is 0 Å². The SMILES string of the molecule is Clc1ccc(CSc2ccc3c(c2)OCCCO3)cn1. The van der Waals surface area contributed by atoms with Crippen LogP contribution < -0.4 is 9.47 Å². The number of ether oxygens (including phenoxy) is 2. The van der Waals surface area contributed by atoms with Crippen molar-refractivity contribution < 1.29 is 9.47 Å². The first kappa shape index (κ1) is 13.6. The zero-order chi connectivity index (χ0) is 13.8. The lowest BCUT2D eigenvalue weighted by Gasteiger charge is -2.09. The van der Waals surface area contributed by atoms with E-state index in [1.807, 2.05) is 24.3 Å². The lowest BCUT2D eigenvalue weighted by molar-refractivity contribution is 0.297. The minimum absolute atomic E-state index is 0.523. The molecule has 5 heteroatoms. The quantitative estimate of drug-likeness (QED) is 0.628. The number of fused-ring (bicyclic) bond motifs is 1. The summed E-state index contributed by atoms with van der Waals surface area (Å²) in [6, 6.07) is 9.87. The van der Waals surface area contributed by atoms with Gasteiger partial charge in [0.15, 0.2) is 11.5 Å². The third kappa shape index (κ3) is 3.38. The van der Waals surface area contributed by atoms with Gasteiger partial charge in [-0.2, -0.15) is 0 Å². The summed E-state index contributed by atoms with van der Waals surface area (Å²) in [4.78, 5) is 5.24.